The third-order valence-corrected chi connectivity index (χ3v) is 3.62. The summed E-state index contributed by atoms with van der Waals surface area (Å²) in [5.74, 6) is 1.61. The number of hydrogen-bond donors (Lipinski definition) is 1. The van der Waals surface area contributed by atoms with Gasteiger partial charge in [0.1, 0.15) is 13.2 Å². The largest absolute Gasteiger partial charge is 0.486 e. The molecule has 1 aromatic heterocycles. The molecule has 1 aliphatic heterocycles. The lowest BCUT2D eigenvalue weighted by Gasteiger charge is -2.18. The standard InChI is InChI=1S/C13H13NO2S/c1-8-6-10(13(14)17-8)9-2-3-11-12(7-9)16-5-4-15-11/h2-3,6-7H,4-5,14H2,1H3. The van der Waals surface area contributed by atoms with Crippen molar-refractivity contribution in [1.29, 1.82) is 0 Å². The Kier molecular flexibility index (Phi) is 2.44. The van der Waals surface area contributed by atoms with Gasteiger partial charge in [0.25, 0.3) is 0 Å². The molecule has 0 saturated carbocycles. The van der Waals surface area contributed by atoms with E-state index in [0.717, 1.165) is 27.6 Å². The third-order valence-electron chi connectivity index (χ3n) is 2.74. The molecule has 3 nitrogen and oxygen atoms in total. The van der Waals surface area contributed by atoms with Crippen LogP contribution in [0.1, 0.15) is 4.88 Å². The second kappa shape index (κ2) is 3.96. The molecule has 0 unspecified atom stereocenters. The number of fused-ring (bicyclic) bond motifs is 1. The van der Waals surface area contributed by atoms with E-state index in [2.05, 4.69) is 13.0 Å². The van der Waals surface area contributed by atoms with Gasteiger partial charge in [0, 0.05) is 10.4 Å². The molecule has 4 heteroatoms. The fraction of sp³-hybridized carbons (Fsp3) is 0.231. The van der Waals surface area contributed by atoms with Gasteiger partial charge in [-0.3, -0.25) is 0 Å². The van der Waals surface area contributed by atoms with Gasteiger partial charge in [0.15, 0.2) is 11.5 Å². The summed E-state index contributed by atoms with van der Waals surface area (Å²) in [6, 6.07) is 8.05. The van der Waals surface area contributed by atoms with Crippen molar-refractivity contribution < 1.29 is 9.47 Å². The van der Waals surface area contributed by atoms with E-state index in [0.29, 0.717) is 13.2 Å². The van der Waals surface area contributed by atoms with Gasteiger partial charge in [-0.25, -0.2) is 0 Å². The van der Waals surface area contributed by atoms with E-state index in [9.17, 15) is 0 Å². The molecule has 0 saturated heterocycles. The van der Waals surface area contributed by atoms with E-state index in [1.807, 2.05) is 18.2 Å². The summed E-state index contributed by atoms with van der Waals surface area (Å²) in [5, 5.41) is 0.846. The number of hydrogen-bond acceptors (Lipinski definition) is 4. The summed E-state index contributed by atoms with van der Waals surface area (Å²) in [6.07, 6.45) is 0. The number of nitrogen functional groups attached to an aromatic ring is 1. The fourth-order valence-electron chi connectivity index (χ4n) is 1.97. The molecule has 2 heterocycles. The van der Waals surface area contributed by atoms with Crippen LogP contribution < -0.4 is 15.2 Å². The zero-order chi connectivity index (χ0) is 11.8. The highest BCUT2D eigenvalue weighted by atomic mass is 32.1. The Balaban J connectivity index is 2.06. The van der Waals surface area contributed by atoms with Crippen LogP contribution in [0.25, 0.3) is 11.1 Å². The zero-order valence-corrected chi connectivity index (χ0v) is 10.3. The number of rotatable bonds is 1. The van der Waals surface area contributed by atoms with Gasteiger partial charge in [-0.05, 0) is 30.7 Å². The van der Waals surface area contributed by atoms with Crippen LogP contribution in [0, 0.1) is 6.92 Å². The smallest absolute Gasteiger partial charge is 0.161 e. The van der Waals surface area contributed by atoms with Crippen molar-refractivity contribution in [3.05, 3.63) is 29.1 Å². The second-order valence-electron chi connectivity index (χ2n) is 3.99. The van der Waals surface area contributed by atoms with Crippen molar-refractivity contribution in [2.45, 2.75) is 6.92 Å². The van der Waals surface area contributed by atoms with Crippen LogP contribution in [0.4, 0.5) is 5.00 Å². The summed E-state index contributed by atoms with van der Waals surface area (Å²) in [7, 11) is 0. The number of ether oxygens (including phenoxy) is 2. The van der Waals surface area contributed by atoms with Gasteiger partial charge in [-0.15, -0.1) is 11.3 Å². The summed E-state index contributed by atoms with van der Waals surface area (Å²) in [5.41, 5.74) is 8.15. The molecule has 0 fully saturated rings. The van der Waals surface area contributed by atoms with Crippen molar-refractivity contribution >= 4 is 16.3 Å². The lowest BCUT2D eigenvalue weighted by atomic mass is 10.1. The van der Waals surface area contributed by atoms with Crippen LogP contribution in [0.2, 0.25) is 0 Å². The minimum absolute atomic E-state index is 0.606. The van der Waals surface area contributed by atoms with Crippen LogP contribution in [-0.4, -0.2) is 13.2 Å². The van der Waals surface area contributed by atoms with Gasteiger partial charge < -0.3 is 15.2 Å². The summed E-state index contributed by atoms with van der Waals surface area (Å²) in [6.45, 7) is 3.28. The topological polar surface area (TPSA) is 44.5 Å². The van der Waals surface area contributed by atoms with Gasteiger partial charge in [0.05, 0.1) is 5.00 Å². The first kappa shape index (κ1) is 10.5. The Labute approximate surface area is 104 Å². The molecular formula is C13H13NO2S. The number of benzene rings is 1. The minimum Gasteiger partial charge on any atom is -0.486 e. The molecular weight excluding hydrogens is 234 g/mol. The van der Waals surface area contributed by atoms with Gasteiger partial charge >= 0.3 is 0 Å². The van der Waals surface area contributed by atoms with E-state index in [1.165, 1.54) is 4.88 Å². The maximum atomic E-state index is 6.00. The van der Waals surface area contributed by atoms with Crippen molar-refractivity contribution in [2.24, 2.45) is 0 Å². The number of anilines is 1. The average Bonchev–Trinajstić information content (AvgIpc) is 2.68. The normalized spacial score (nSPS) is 13.7. The maximum absolute atomic E-state index is 6.00. The Morgan fingerprint density at radius 2 is 1.88 bits per heavy atom. The number of aryl methyl sites for hydroxylation is 1. The molecule has 0 aliphatic carbocycles. The van der Waals surface area contributed by atoms with Gasteiger partial charge in [-0.1, -0.05) is 6.07 Å². The molecule has 3 rings (SSSR count). The highest BCUT2D eigenvalue weighted by Crippen LogP contribution is 2.39. The predicted molar refractivity (Wildman–Crippen MR) is 69.9 cm³/mol. The molecule has 2 N–H and O–H groups in total. The molecule has 88 valence electrons. The first-order chi connectivity index (χ1) is 8.24. The Bertz CT molecular complexity index is 563. The van der Waals surface area contributed by atoms with E-state index in [-0.39, 0.29) is 0 Å². The first-order valence-electron chi connectivity index (χ1n) is 5.50. The van der Waals surface area contributed by atoms with Crippen molar-refractivity contribution in [1.82, 2.24) is 0 Å². The van der Waals surface area contributed by atoms with Crippen LogP contribution in [0.3, 0.4) is 0 Å². The minimum atomic E-state index is 0.606. The Morgan fingerprint density at radius 3 is 2.59 bits per heavy atom. The van der Waals surface area contributed by atoms with Crippen molar-refractivity contribution in [3.63, 3.8) is 0 Å². The average molecular weight is 247 g/mol. The van der Waals surface area contributed by atoms with Crippen LogP contribution >= 0.6 is 11.3 Å². The van der Waals surface area contributed by atoms with E-state index >= 15 is 0 Å². The highest BCUT2D eigenvalue weighted by Gasteiger charge is 2.14. The second-order valence-corrected chi connectivity index (χ2v) is 5.28. The van der Waals surface area contributed by atoms with Gasteiger partial charge in [-0.2, -0.15) is 0 Å². The number of thiophene rings is 1. The fourth-order valence-corrected chi connectivity index (χ4v) is 2.78. The van der Waals surface area contributed by atoms with Crippen LogP contribution in [0.5, 0.6) is 11.5 Å². The quantitative estimate of drug-likeness (QED) is 0.842. The number of nitrogens with two attached hydrogens (primary N) is 1. The zero-order valence-electron chi connectivity index (χ0n) is 9.53. The van der Waals surface area contributed by atoms with E-state index in [1.54, 1.807) is 11.3 Å². The summed E-state index contributed by atoms with van der Waals surface area (Å²) < 4.78 is 11.1. The molecule has 1 aliphatic rings. The van der Waals surface area contributed by atoms with Crippen LogP contribution in [0.15, 0.2) is 24.3 Å². The molecule has 0 atom stereocenters. The third kappa shape index (κ3) is 1.85. The molecule has 0 radical (unpaired) electrons. The molecule has 17 heavy (non-hydrogen) atoms. The SMILES string of the molecule is Cc1cc(-c2ccc3c(c2)OCCO3)c(N)s1. The molecule has 0 amide bonds. The Hall–Kier alpha value is -1.68. The molecule has 2 aromatic rings. The van der Waals surface area contributed by atoms with E-state index < -0.39 is 0 Å². The van der Waals surface area contributed by atoms with Gasteiger partial charge in [0.2, 0.25) is 0 Å². The monoisotopic (exact) mass is 247 g/mol. The molecule has 0 bridgehead atoms. The maximum Gasteiger partial charge on any atom is 0.161 e. The Morgan fingerprint density at radius 1 is 1.12 bits per heavy atom. The highest BCUT2D eigenvalue weighted by molar-refractivity contribution is 7.16. The summed E-state index contributed by atoms with van der Waals surface area (Å²) in [4.78, 5) is 1.22. The lowest BCUT2D eigenvalue weighted by Crippen LogP contribution is -2.15. The predicted octanol–water partition coefficient (Wildman–Crippen LogP) is 3.08. The van der Waals surface area contributed by atoms with Crippen LogP contribution in [-0.2, 0) is 0 Å². The van der Waals surface area contributed by atoms with Crippen molar-refractivity contribution in [3.8, 4) is 22.6 Å². The molecule has 0 spiro atoms. The molecule has 1 aromatic carbocycles. The summed E-state index contributed by atoms with van der Waals surface area (Å²) >= 11 is 1.61. The lowest BCUT2D eigenvalue weighted by molar-refractivity contribution is 0.171. The van der Waals surface area contributed by atoms with E-state index in [4.69, 9.17) is 15.2 Å². The first-order valence-corrected chi connectivity index (χ1v) is 6.31. The van der Waals surface area contributed by atoms with Crippen molar-refractivity contribution in [2.75, 3.05) is 18.9 Å².